The molecular weight excluding hydrogens is 454 g/mol. The molecule has 0 unspecified atom stereocenters. The Balaban J connectivity index is -0.000000354. The Morgan fingerprint density at radius 2 is 1.27 bits per heavy atom. The number of halogens is 2. The average molecular weight is 480 g/mol. The Bertz CT molecular complexity index is 723. The zero-order valence-electron chi connectivity index (χ0n) is 15.8. The normalized spacial score (nSPS) is 10.3. The molecule has 0 saturated heterocycles. The minimum atomic E-state index is 0. The number of allylic oxidation sites excluding steroid dienone is 4. The number of fused-ring (bicyclic) bond motifs is 3. The minimum Gasteiger partial charge on any atom is -1.00 e. The van der Waals surface area contributed by atoms with Crippen LogP contribution in [0.25, 0.3) is 21.5 Å². The molecule has 0 amide bonds. The Kier molecular flexibility index (Phi) is 20.8. The quantitative estimate of drug-likeness (QED) is 0.328. The smallest absolute Gasteiger partial charge is 1.00 e. The van der Waals surface area contributed by atoms with Crippen molar-refractivity contribution < 1.29 is 51.0 Å². The standard InChI is InChI=1S/C13H9.C6H7.C2H6.CH3Si.2ClH.Zr/c1-3-7-12-10(5-1)9-11-6-2-4-8-13(11)12;1-6-4-2-3-5-6;2*1-2;;;/h1-9H;4-5H,2H2,1H3;1-2H3;1H3;2*1H;/q2*-1;;;;;+4/p-2. The molecule has 26 heavy (non-hydrogen) atoms. The van der Waals surface area contributed by atoms with Crippen LogP contribution in [0.5, 0.6) is 0 Å². The third-order valence-electron chi connectivity index (χ3n) is 3.39. The van der Waals surface area contributed by atoms with Crippen molar-refractivity contribution in [1.29, 1.82) is 0 Å². The second kappa shape index (κ2) is 17.9. The summed E-state index contributed by atoms with van der Waals surface area (Å²) < 4.78 is 0. The van der Waals surface area contributed by atoms with Crippen LogP contribution in [0.2, 0.25) is 6.55 Å². The van der Waals surface area contributed by atoms with E-state index in [2.05, 4.69) is 83.9 Å². The van der Waals surface area contributed by atoms with Gasteiger partial charge < -0.3 is 24.8 Å². The zero-order chi connectivity index (χ0) is 17.1. The molecule has 0 fully saturated rings. The topological polar surface area (TPSA) is 0 Å². The van der Waals surface area contributed by atoms with Gasteiger partial charge in [0.1, 0.15) is 0 Å². The van der Waals surface area contributed by atoms with E-state index in [0.717, 1.165) is 6.42 Å². The van der Waals surface area contributed by atoms with Gasteiger partial charge in [0.05, 0.1) is 0 Å². The first-order chi connectivity index (χ1) is 11.3. The van der Waals surface area contributed by atoms with Crippen LogP contribution in [-0.4, -0.2) is 10.2 Å². The maximum atomic E-state index is 3.05. The van der Waals surface area contributed by atoms with Crippen molar-refractivity contribution in [3.8, 4) is 0 Å². The van der Waals surface area contributed by atoms with Gasteiger partial charge >= 0.3 is 26.2 Å². The van der Waals surface area contributed by atoms with Crippen molar-refractivity contribution in [3.05, 3.63) is 78.4 Å². The van der Waals surface area contributed by atoms with Crippen molar-refractivity contribution in [2.45, 2.75) is 33.7 Å². The van der Waals surface area contributed by atoms with E-state index in [0.29, 0.717) is 0 Å². The molecule has 0 heterocycles. The molecule has 3 radical (unpaired) electrons. The van der Waals surface area contributed by atoms with Crippen LogP contribution in [0.15, 0.2) is 72.3 Å². The van der Waals surface area contributed by atoms with Gasteiger partial charge in [-0.3, -0.25) is 6.08 Å². The molecule has 1 aliphatic rings. The van der Waals surface area contributed by atoms with Gasteiger partial charge in [0.15, 0.2) is 0 Å². The van der Waals surface area contributed by atoms with E-state index < -0.39 is 0 Å². The van der Waals surface area contributed by atoms with Gasteiger partial charge in [0.2, 0.25) is 0 Å². The summed E-state index contributed by atoms with van der Waals surface area (Å²) in [4.78, 5) is 0. The SMILES string of the molecule is CC.CC1=CC[C-]=C1.C[Si].[Cl-].[Cl-].[Zr+4].c1ccc2c(c1)[cH-]c1ccccc12. The second-order valence-corrected chi connectivity index (χ2v) is 4.82. The van der Waals surface area contributed by atoms with Crippen molar-refractivity contribution in [1.82, 2.24) is 0 Å². The van der Waals surface area contributed by atoms with Crippen molar-refractivity contribution in [3.63, 3.8) is 0 Å². The molecule has 0 saturated carbocycles. The number of benzene rings is 2. The minimum absolute atomic E-state index is 0. The maximum Gasteiger partial charge on any atom is 4.00 e. The molecule has 0 nitrogen and oxygen atoms in total. The van der Waals surface area contributed by atoms with Crippen LogP contribution in [0.4, 0.5) is 0 Å². The van der Waals surface area contributed by atoms with Crippen molar-refractivity contribution in [2.75, 3.05) is 0 Å². The van der Waals surface area contributed by atoms with E-state index in [9.17, 15) is 0 Å². The number of rotatable bonds is 0. The molecule has 0 spiro atoms. The third kappa shape index (κ3) is 8.91. The first-order valence-corrected chi connectivity index (χ1v) is 9.11. The first-order valence-electron chi connectivity index (χ1n) is 8.11. The summed E-state index contributed by atoms with van der Waals surface area (Å²) in [5.74, 6) is 0. The summed E-state index contributed by atoms with van der Waals surface area (Å²) in [6.07, 6.45) is 8.24. The fourth-order valence-corrected chi connectivity index (χ4v) is 2.40. The van der Waals surface area contributed by atoms with Crippen molar-refractivity contribution >= 4 is 31.8 Å². The molecule has 1 aliphatic carbocycles. The van der Waals surface area contributed by atoms with Gasteiger partial charge in [-0.05, 0) is 0 Å². The van der Waals surface area contributed by atoms with E-state index in [1.165, 1.54) is 27.1 Å². The van der Waals surface area contributed by atoms with Crippen LogP contribution >= 0.6 is 0 Å². The van der Waals surface area contributed by atoms with Crippen LogP contribution in [0, 0.1) is 6.08 Å². The zero-order valence-corrected chi connectivity index (χ0v) is 20.8. The molecule has 135 valence electrons. The predicted molar refractivity (Wildman–Crippen MR) is 106 cm³/mol. The van der Waals surface area contributed by atoms with Gasteiger partial charge in [-0.1, -0.05) is 56.8 Å². The monoisotopic (exact) mass is 477 g/mol. The van der Waals surface area contributed by atoms with E-state index in [-0.39, 0.29) is 51.0 Å². The predicted octanol–water partition coefficient (Wildman–Crippen LogP) is 0.642. The van der Waals surface area contributed by atoms with Crippen LogP contribution < -0.4 is 24.8 Å². The molecule has 4 heteroatoms. The molecular formula is C22H25Cl2SiZr. The molecule has 0 aromatic heterocycles. The average Bonchev–Trinajstić information content (AvgIpc) is 3.25. The maximum absolute atomic E-state index is 3.05. The fourth-order valence-electron chi connectivity index (χ4n) is 2.40. The van der Waals surface area contributed by atoms with Crippen LogP contribution in [0.3, 0.4) is 0 Å². The van der Waals surface area contributed by atoms with Crippen LogP contribution in [0.1, 0.15) is 27.2 Å². The van der Waals surface area contributed by atoms with Gasteiger partial charge in [-0.15, -0.1) is 53.1 Å². The third-order valence-corrected chi connectivity index (χ3v) is 3.39. The van der Waals surface area contributed by atoms with Gasteiger partial charge in [0.25, 0.3) is 0 Å². The molecule has 4 rings (SSSR count). The Hall–Kier alpha value is -0.530. The Morgan fingerprint density at radius 1 is 0.846 bits per heavy atom. The van der Waals surface area contributed by atoms with E-state index in [1.54, 1.807) is 6.55 Å². The summed E-state index contributed by atoms with van der Waals surface area (Å²) in [5, 5.41) is 5.39. The summed E-state index contributed by atoms with van der Waals surface area (Å²) in [6.45, 7) is 7.89. The molecule has 0 bridgehead atoms. The Morgan fingerprint density at radius 3 is 1.58 bits per heavy atom. The van der Waals surface area contributed by atoms with E-state index in [4.69, 9.17) is 0 Å². The molecule has 0 atom stereocenters. The van der Waals surface area contributed by atoms with Gasteiger partial charge in [-0.25, -0.2) is 11.6 Å². The summed E-state index contributed by atoms with van der Waals surface area (Å²) in [5.41, 5.74) is 1.34. The van der Waals surface area contributed by atoms with Gasteiger partial charge in [-0.2, -0.15) is 6.08 Å². The molecule has 3 aromatic rings. The summed E-state index contributed by atoms with van der Waals surface area (Å²) in [6, 6.07) is 19.3. The van der Waals surface area contributed by atoms with E-state index >= 15 is 0 Å². The van der Waals surface area contributed by atoms with Crippen LogP contribution in [-0.2, 0) is 26.2 Å². The summed E-state index contributed by atoms with van der Waals surface area (Å²) in [7, 11) is 2.97. The first kappa shape index (κ1) is 30.2. The Labute approximate surface area is 193 Å². The van der Waals surface area contributed by atoms with Crippen molar-refractivity contribution in [2.24, 2.45) is 0 Å². The second-order valence-electron chi connectivity index (χ2n) is 4.82. The summed E-state index contributed by atoms with van der Waals surface area (Å²) >= 11 is 0. The van der Waals surface area contributed by atoms with E-state index in [1.807, 2.05) is 19.9 Å². The molecule has 0 aliphatic heterocycles. The fraction of sp³-hybridized carbons (Fsp3) is 0.227. The largest absolute Gasteiger partial charge is 4.00 e. The van der Waals surface area contributed by atoms with Gasteiger partial charge in [0, 0.05) is 10.2 Å². The number of hydrogen-bond acceptors (Lipinski definition) is 0. The molecule has 0 N–H and O–H groups in total. The molecule has 3 aromatic carbocycles. The number of hydrogen-bond donors (Lipinski definition) is 0.